The minimum atomic E-state index is -1.94. The van der Waals surface area contributed by atoms with Crippen LogP contribution in [0.1, 0.15) is 126 Å². The van der Waals surface area contributed by atoms with Crippen LogP contribution < -0.4 is 0 Å². The molecule has 7 saturated heterocycles. The molecule has 0 radical (unpaired) electrons. The lowest BCUT2D eigenvalue weighted by atomic mass is 10.1. The summed E-state index contributed by atoms with van der Waals surface area (Å²) in [5.74, 6) is 0. The maximum Gasteiger partial charge on any atom is 0.334 e. The predicted molar refractivity (Wildman–Crippen MR) is 396 cm³/mol. The van der Waals surface area contributed by atoms with E-state index in [2.05, 4.69) is 172 Å². The van der Waals surface area contributed by atoms with Gasteiger partial charge in [0.15, 0.2) is 0 Å². The molecule has 0 aromatic carbocycles. The molecule has 0 amide bonds. The lowest BCUT2D eigenvalue weighted by Crippen LogP contribution is -2.56. The molecule has 25 heteroatoms. The lowest BCUT2D eigenvalue weighted by Gasteiger charge is -2.41. The number of rotatable bonds is 26. The molecule has 7 aliphatic rings. The summed E-state index contributed by atoms with van der Waals surface area (Å²) in [6.45, 7) is 57.7. The Bertz CT molecular complexity index is 1840. The molecule has 7 heterocycles. The van der Waals surface area contributed by atoms with Crippen LogP contribution in [0.25, 0.3) is 0 Å². The van der Waals surface area contributed by atoms with Gasteiger partial charge < -0.3 is 67.6 Å². The molecule has 526 valence electrons. The fraction of sp³-hybridized carbons (Fsp3) is 0.968. The Morgan fingerprint density at radius 2 is 0.830 bits per heavy atom. The van der Waals surface area contributed by atoms with Crippen molar-refractivity contribution in [2.24, 2.45) is 0 Å². The van der Waals surface area contributed by atoms with Crippen molar-refractivity contribution in [2.45, 2.75) is 232 Å². The van der Waals surface area contributed by atoms with E-state index < -0.39 is 67.9 Å². The Hall–Kier alpha value is 0.795. The minimum absolute atomic E-state index is 0.285. The molecule has 17 nitrogen and oxygen atoms in total. The summed E-state index contributed by atoms with van der Waals surface area (Å²) in [5, 5.41) is 0. The van der Waals surface area contributed by atoms with Gasteiger partial charge in [0.1, 0.15) is 0 Å². The number of hydrogen-bond acceptors (Lipinski definition) is 17. The van der Waals surface area contributed by atoms with Crippen molar-refractivity contribution < 1.29 is 39.8 Å². The third kappa shape index (κ3) is 28.5. The van der Waals surface area contributed by atoms with Crippen LogP contribution in [0, 0.1) is 0 Å². The number of unbranched alkanes of at least 4 members (excludes halogenated alkanes) is 1. The average molecular weight is 1390 g/mol. The highest BCUT2D eigenvalue weighted by molar-refractivity contribution is 6.73. The first-order valence-corrected chi connectivity index (χ1v) is 55.5. The van der Waals surface area contributed by atoms with E-state index in [4.69, 9.17) is 39.8 Å². The first kappa shape index (κ1) is 86.8. The monoisotopic (exact) mass is 1380 g/mol. The van der Waals surface area contributed by atoms with Crippen LogP contribution in [0.2, 0.25) is 101 Å². The van der Waals surface area contributed by atoms with Crippen molar-refractivity contribution in [3.05, 3.63) is 12.7 Å². The second-order valence-electron chi connectivity index (χ2n) is 28.2. The SMILES string of the molecule is C=CCN1CCC[Si]1(C)OC.CCCCN1CCC[Si]1(C)OC.CCN1CCC[Si]1(C)OC.CCO[Si](C)(CCCN1CCC[Si]1(C)OCC)OCC.CO[Si]1(C)CCCN1C.CO[Si]1(C)CCCN1C(C)(C)C.CO[Si]1(C)CCCN1CCCN(C)C. The summed E-state index contributed by atoms with van der Waals surface area (Å²) in [4.78, 5) is 2.25. The second kappa shape index (κ2) is 43.2. The minimum Gasteiger partial charge on any atom is -0.406 e. The van der Waals surface area contributed by atoms with Gasteiger partial charge in [-0.1, -0.05) is 26.3 Å². The number of hydrogen-bond donors (Lipinski definition) is 0. The molecule has 7 fully saturated rings. The van der Waals surface area contributed by atoms with E-state index in [0.29, 0.717) is 0 Å². The Labute approximate surface area is 554 Å². The third-order valence-corrected chi connectivity index (χ3v) is 51.7. The molecule has 0 bridgehead atoms. The van der Waals surface area contributed by atoms with Crippen molar-refractivity contribution in [3.63, 3.8) is 0 Å². The van der Waals surface area contributed by atoms with Gasteiger partial charge in [-0.15, -0.1) is 6.58 Å². The smallest absolute Gasteiger partial charge is 0.334 e. The molecular formula is C63H148N8O9Si8. The molecule has 7 atom stereocenters. The van der Waals surface area contributed by atoms with Gasteiger partial charge in [0.05, 0.1) is 0 Å². The third-order valence-electron chi connectivity index (χ3n) is 20.6. The fourth-order valence-electron chi connectivity index (χ4n) is 14.2. The summed E-state index contributed by atoms with van der Waals surface area (Å²) in [6, 6.07) is 10.2. The fourth-order valence-corrected chi connectivity index (χ4v) is 37.2. The normalized spacial score (nSPS) is 30.8. The van der Waals surface area contributed by atoms with Gasteiger partial charge in [-0.3, -0.25) is 9.13 Å². The summed E-state index contributed by atoms with van der Waals surface area (Å²) in [6.07, 6.45) is 16.3. The number of nitrogens with zero attached hydrogens (tertiary/aromatic N) is 8. The van der Waals surface area contributed by atoms with E-state index in [0.717, 1.165) is 45.5 Å². The van der Waals surface area contributed by atoms with Crippen LogP contribution in [-0.4, -0.2) is 279 Å². The molecule has 0 saturated carbocycles. The largest absolute Gasteiger partial charge is 0.406 e. The van der Waals surface area contributed by atoms with E-state index in [-0.39, 0.29) is 5.54 Å². The van der Waals surface area contributed by atoms with Crippen molar-refractivity contribution in [2.75, 3.05) is 169 Å². The van der Waals surface area contributed by atoms with Gasteiger partial charge in [-0.25, -0.2) is 0 Å². The van der Waals surface area contributed by atoms with Gasteiger partial charge in [0.25, 0.3) is 59.4 Å². The summed E-state index contributed by atoms with van der Waals surface area (Å²) < 4.78 is 69.4. The van der Waals surface area contributed by atoms with E-state index in [1.54, 1.807) is 0 Å². The zero-order valence-electron chi connectivity index (χ0n) is 62.8. The second-order valence-corrected chi connectivity index (χ2v) is 58.7. The van der Waals surface area contributed by atoms with Crippen molar-refractivity contribution in [1.29, 1.82) is 0 Å². The van der Waals surface area contributed by atoms with Gasteiger partial charge in [0, 0.05) is 74.6 Å². The van der Waals surface area contributed by atoms with Gasteiger partial charge >= 0.3 is 8.56 Å². The molecule has 0 aromatic rings. The Morgan fingerprint density at radius 1 is 0.466 bits per heavy atom. The van der Waals surface area contributed by atoms with Gasteiger partial charge in [0.2, 0.25) is 0 Å². The van der Waals surface area contributed by atoms with Crippen molar-refractivity contribution >= 4 is 67.9 Å². The summed E-state index contributed by atoms with van der Waals surface area (Å²) in [5.41, 5.74) is 0.285. The van der Waals surface area contributed by atoms with Crippen LogP contribution >= 0.6 is 0 Å². The van der Waals surface area contributed by atoms with Crippen molar-refractivity contribution in [3.8, 4) is 0 Å². The first-order valence-electron chi connectivity index (χ1n) is 35.1. The maximum atomic E-state index is 6.09. The summed E-state index contributed by atoms with van der Waals surface area (Å²) >= 11 is 0. The van der Waals surface area contributed by atoms with E-state index >= 15 is 0 Å². The van der Waals surface area contributed by atoms with Gasteiger partial charge in [-0.05, 0) is 306 Å². The molecule has 88 heavy (non-hydrogen) atoms. The van der Waals surface area contributed by atoms with E-state index in [9.17, 15) is 0 Å². The summed E-state index contributed by atoms with van der Waals surface area (Å²) in [7, 11) is 5.64. The molecule has 0 aromatic heterocycles. The van der Waals surface area contributed by atoms with Crippen LogP contribution in [0.3, 0.4) is 0 Å². The zero-order valence-corrected chi connectivity index (χ0v) is 70.8. The van der Waals surface area contributed by atoms with E-state index in [1.165, 1.54) is 178 Å². The first-order chi connectivity index (χ1) is 41.3. The molecule has 7 rings (SSSR count). The van der Waals surface area contributed by atoms with Crippen LogP contribution in [0.5, 0.6) is 0 Å². The molecular weight excluding hydrogens is 1240 g/mol. The molecule has 0 aliphatic carbocycles. The highest BCUT2D eigenvalue weighted by atomic mass is 28.4. The average Bonchev–Trinajstić information content (AvgIpc) is 3.61. The molecule has 0 spiro atoms. The Kier molecular flexibility index (Phi) is 42.6. The highest BCUT2D eigenvalue weighted by Crippen LogP contribution is 2.34. The molecule has 7 unspecified atom stereocenters. The van der Waals surface area contributed by atoms with E-state index in [1.807, 2.05) is 48.7 Å². The lowest BCUT2D eigenvalue weighted by molar-refractivity contribution is 0.187. The Morgan fingerprint density at radius 3 is 1.18 bits per heavy atom. The standard InChI is InChI=1S/C14H33NO3Si2.C10H24N2OSi.2C9H21NOSi.C8H17NOSi.C7H17NOSi.C6H15NOSi/c1-6-16-19(4)13-9-11-15(19)12-10-14-20(5,17-7-2)18-8-3;1-11(2)7-5-8-12-9-6-10-14(12,4)13-3;1-9(2,3)10-7-6-8-12(10,5)11-4;1-4-5-7-10-8-6-9-12(10,3)11-2;1-4-6-9-7-5-8-11(9,3)10-2;1-4-8-6-5-7-10(8,3)9-2;1-7-5-4-6-9(7,3)8-2/h6-14H2,1-5H3;5-10H2,1-4H3;6-8H2,1-5H3;4-9H2,1-3H3;4H,1,5-8H2,2-3H3;4-7H2,1-3H3;4-6H2,1-3H3. The molecule has 7 aliphatic heterocycles. The topological polar surface area (TPSA) is 109 Å². The Balaban J connectivity index is 0.000000521. The zero-order chi connectivity index (χ0) is 66.9. The van der Waals surface area contributed by atoms with Crippen LogP contribution in [0.15, 0.2) is 12.7 Å². The van der Waals surface area contributed by atoms with Crippen molar-refractivity contribution in [1.82, 2.24) is 36.9 Å². The van der Waals surface area contributed by atoms with Crippen LogP contribution in [0.4, 0.5) is 0 Å². The molecule has 0 N–H and O–H groups in total. The van der Waals surface area contributed by atoms with Crippen LogP contribution in [-0.2, 0) is 39.8 Å². The van der Waals surface area contributed by atoms with Gasteiger partial charge in [-0.2, -0.15) is 0 Å². The predicted octanol–water partition coefficient (Wildman–Crippen LogP) is 13.2. The maximum absolute atomic E-state index is 6.09. The quantitative estimate of drug-likeness (QED) is 0.0605. The highest BCUT2D eigenvalue weighted by Gasteiger charge is 2.47.